The molecule has 6 heteroatoms. The highest BCUT2D eigenvalue weighted by atomic mass is 19.1. The molecule has 4 rings (SSSR count). The van der Waals surface area contributed by atoms with Gasteiger partial charge in [0, 0.05) is 5.56 Å². The molecule has 0 spiro atoms. The molecule has 0 aliphatic heterocycles. The van der Waals surface area contributed by atoms with Crippen LogP contribution in [0.2, 0.25) is 0 Å². The third kappa shape index (κ3) is 7.03. The number of aliphatic hydroxyl groups excluding tert-OH is 1. The molecule has 3 aromatic carbocycles. The number of aliphatic carboxylic acids is 1. The fourth-order valence-electron chi connectivity index (χ4n) is 5.42. The Bertz CT molecular complexity index is 1340. The summed E-state index contributed by atoms with van der Waals surface area (Å²) in [6.45, 7) is 8.25. The van der Waals surface area contributed by atoms with Gasteiger partial charge in [0.25, 0.3) is 0 Å². The fraction of sp³-hybridized carbons (Fsp3) is 0.441. The van der Waals surface area contributed by atoms with Crippen LogP contribution in [0.3, 0.4) is 0 Å². The van der Waals surface area contributed by atoms with E-state index in [9.17, 15) is 19.4 Å². The van der Waals surface area contributed by atoms with E-state index in [1.165, 1.54) is 13.2 Å². The van der Waals surface area contributed by atoms with Crippen LogP contribution in [-0.4, -0.2) is 23.3 Å². The molecule has 1 aliphatic rings. The maximum absolute atomic E-state index is 14.9. The van der Waals surface area contributed by atoms with E-state index in [2.05, 4.69) is 6.92 Å². The van der Waals surface area contributed by atoms with Gasteiger partial charge in [-0.15, -0.1) is 0 Å². The number of hydrogen-bond acceptors (Lipinski definition) is 4. The molecule has 3 aromatic rings. The SMILES string of the molecule is CCC1(C[C@H](CC(=O)O)c2cccc(OCc3ccc(-c4cc(OC)ccc4F)c(C(O)C(C)(C)C)c3)c2)CC1. The van der Waals surface area contributed by atoms with Gasteiger partial charge in [0.05, 0.1) is 19.6 Å². The second kappa shape index (κ2) is 12.0. The number of carbonyl (C=O) groups is 1. The minimum absolute atomic E-state index is 0.0610. The third-order valence-electron chi connectivity index (χ3n) is 8.24. The van der Waals surface area contributed by atoms with Crippen LogP contribution in [0, 0.1) is 16.6 Å². The Balaban J connectivity index is 1.60. The van der Waals surface area contributed by atoms with Crippen LogP contribution >= 0.6 is 0 Å². The average Bonchev–Trinajstić information content (AvgIpc) is 3.70. The summed E-state index contributed by atoms with van der Waals surface area (Å²) >= 11 is 0. The van der Waals surface area contributed by atoms with Gasteiger partial charge < -0.3 is 19.7 Å². The van der Waals surface area contributed by atoms with Crippen LogP contribution in [0.1, 0.15) is 88.5 Å². The lowest BCUT2D eigenvalue weighted by Crippen LogP contribution is -2.19. The summed E-state index contributed by atoms with van der Waals surface area (Å²) in [4.78, 5) is 11.6. The van der Waals surface area contributed by atoms with Crippen molar-refractivity contribution in [2.24, 2.45) is 10.8 Å². The number of halogens is 1. The number of methoxy groups -OCH3 is 1. The molecule has 0 bridgehead atoms. The molecular weight excluding hydrogens is 507 g/mol. The van der Waals surface area contributed by atoms with Crippen molar-refractivity contribution in [2.45, 2.75) is 78.4 Å². The van der Waals surface area contributed by atoms with E-state index in [-0.39, 0.29) is 24.4 Å². The molecule has 0 radical (unpaired) electrons. The zero-order chi connectivity index (χ0) is 29.1. The first kappa shape index (κ1) is 29.6. The van der Waals surface area contributed by atoms with Crippen molar-refractivity contribution < 1.29 is 28.9 Å². The monoisotopic (exact) mass is 548 g/mol. The Morgan fingerprint density at radius 1 is 1.02 bits per heavy atom. The highest BCUT2D eigenvalue weighted by Gasteiger charge is 2.42. The molecule has 5 nitrogen and oxygen atoms in total. The lowest BCUT2D eigenvalue weighted by Gasteiger charge is -2.28. The zero-order valence-electron chi connectivity index (χ0n) is 24.2. The predicted molar refractivity (Wildman–Crippen MR) is 155 cm³/mol. The summed E-state index contributed by atoms with van der Waals surface area (Å²) in [6.07, 6.45) is 3.51. The van der Waals surface area contributed by atoms with Crippen molar-refractivity contribution >= 4 is 5.97 Å². The van der Waals surface area contributed by atoms with Gasteiger partial charge in [0.15, 0.2) is 0 Å². The van der Waals surface area contributed by atoms with Crippen molar-refractivity contribution in [1.82, 2.24) is 0 Å². The summed E-state index contributed by atoms with van der Waals surface area (Å²) in [6, 6.07) is 17.9. The Hall–Kier alpha value is -3.38. The van der Waals surface area contributed by atoms with E-state index < -0.39 is 23.3 Å². The van der Waals surface area contributed by atoms with Crippen LogP contribution in [-0.2, 0) is 11.4 Å². The summed E-state index contributed by atoms with van der Waals surface area (Å²) in [5.74, 6) is -0.0477. The molecule has 1 saturated carbocycles. The van der Waals surface area contributed by atoms with E-state index >= 15 is 0 Å². The zero-order valence-corrected chi connectivity index (χ0v) is 24.2. The van der Waals surface area contributed by atoms with Crippen LogP contribution in [0.5, 0.6) is 11.5 Å². The van der Waals surface area contributed by atoms with Crippen molar-refractivity contribution in [1.29, 1.82) is 0 Å². The Labute approximate surface area is 237 Å². The summed E-state index contributed by atoms with van der Waals surface area (Å²) in [5, 5.41) is 20.8. The van der Waals surface area contributed by atoms with Crippen molar-refractivity contribution in [2.75, 3.05) is 7.11 Å². The number of rotatable bonds is 12. The van der Waals surface area contributed by atoms with Gasteiger partial charge in [-0.1, -0.05) is 58.4 Å². The van der Waals surface area contributed by atoms with E-state index in [4.69, 9.17) is 9.47 Å². The van der Waals surface area contributed by atoms with E-state index in [0.29, 0.717) is 28.2 Å². The van der Waals surface area contributed by atoms with Crippen LogP contribution < -0.4 is 9.47 Å². The number of benzene rings is 3. The van der Waals surface area contributed by atoms with E-state index in [1.54, 1.807) is 12.1 Å². The first-order valence-electron chi connectivity index (χ1n) is 14.0. The van der Waals surface area contributed by atoms with Crippen molar-refractivity contribution in [3.63, 3.8) is 0 Å². The Morgan fingerprint density at radius 2 is 1.77 bits per heavy atom. The highest BCUT2D eigenvalue weighted by Crippen LogP contribution is 2.55. The normalized spacial score (nSPS) is 15.8. The van der Waals surface area contributed by atoms with Crippen molar-refractivity contribution in [3.8, 4) is 22.6 Å². The molecule has 0 aromatic heterocycles. The molecule has 1 unspecified atom stereocenters. The molecular formula is C34H41FO5. The average molecular weight is 549 g/mol. The molecule has 1 fully saturated rings. The number of hydrogen-bond donors (Lipinski definition) is 2. The quantitative estimate of drug-likeness (QED) is 0.238. The van der Waals surface area contributed by atoms with Gasteiger partial charge in [0.1, 0.15) is 23.9 Å². The summed E-state index contributed by atoms with van der Waals surface area (Å²) in [5.41, 5.74) is 3.19. The standard InChI is InChI=1S/C34H41FO5/c1-6-34(14-15-34)20-24(18-31(36)37)23-8-7-9-26(17-23)40-21-22-10-12-27(29(16-22)32(38)33(2,3)4)28-19-25(39-5)11-13-30(28)35/h7-13,16-17,19,24,32,38H,6,14-15,18,20-21H2,1-5H3,(H,36,37)/t24-,32?/m0/s1. The topological polar surface area (TPSA) is 76.0 Å². The minimum atomic E-state index is -0.846. The second-order valence-electron chi connectivity index (χ2n) is 12.2. The van der Waals surface area contributed by atoms with Crippen LogP contribution in [0.15, 0.2) is 60.7 Å². The number of ether oxygens (including phenoxy) is 2. The van der Waals surface area contributed by atoms with Gasteiger partial charge >= 0.3 is 5.97 Å². The van der Waals surface area contributed by atoms with E-state index in [1.807, 2.05) is 63.2 Å². The van der Waals surface area contributed by atoms with Gasteiger partial charge in [0.2, 0.25) is 0 Å². The third-order valence-corrected chi connectivity index (χ3v) is 8.24. The lowest BCUT2D eigenvalue weighted by atomic mass is 9.81. The maximum Gasteiger partial charge on any atom is 0.303 e. The van der Waals surface area contributed by atoms with Gasteiger partial charge in [-0.05, 0) is 94.7 Å². The predicted octanol–water partition coefficient (Wildman–Crippen LogP) is 8.30. The number of carboxylic acid groups (broad SMARTS) is 1. The fourth-order valence-corrected chi connectivity index (χ4v) is 5.42. The van der Waals surface area contributed by atoms with Crippen LogP contribution in [0.4, 0.5) is 4.39 Å². The molecule has 2 atom stereocenters. The smallest absolute Gasteiger partial charge is 0.303 e. The molecule has 2 N–H and O–H groups in total. The largest absolute Gasteiger partial charge is 0.497 e. The van der Waals surface area contributed by atoms with Crippen molar-refractivity contribution in [3.05, 3.63) is 83.2 Å². The highest BCUT2D eigenvalue weighted by molar-refractivity contribution is 5.70. The van der Waals surface area contributed by atoms with Crippen LogP contribution in [0.25, 0.3) is 11.1 Å². The van der Waals surface area contributed by atoms with Gasteiger partial charge in [-0.25, -0.2) is 4.39 Å². The molecule has 40 heavy (non-hydrogen) atoms. The van der Waals surface area contributed by atoms with Gasteiger partial charge in [-0.3, -0.25) is 4.79 Å². The lowest BCUT2D eigenvalue weighted by molar-refractivity contribution is -0.137. The van der Waals surface area contributed by atoms with Gasteiger partial charge in [-0.2, -0.15) is 0 Å². The summed E-state index contributed by atoms with van der Waals surface area (Å²) in [7, 11) is 1.54. The number of carboxylic acids is 1. The second-order valence-corrected chi connectivity index (χ2v) is 12.2. The minimum Gasteiger partial charge on any atom is -0.497 e. The molecule has 214 valence electrons. The first-order valence-corrected chi connectivity index (χ1v) is 14.0. The summed E-state index contributed by atoms with van der Waals surface area (Å²) < 4.78 is 26.4. The first-order chi connectivity index (χ1) is 18.9. The molecule has 0 amide bonds. The molecule has 0 heterocycles. The number of aliphatic hydroxyl groups is 1. The van der Waals surface area contributed by atoms with E-state index in [0.717, 1.165) is 36.8 Å². The molecule has 1 aliphatic carbocycles. The maximum atomic E-state index is 14.9. The molecule has 0 saturated heterocycles. The Kier molecular flexibility index (Phi) is 8.89. The Morgan fingerprint density at radius 3 is 2.40 bits per heavy atom.